The minimum absolute atomic E-state index is 0.235. The van der Waals surface area contributed by atoms with Gasteiger partial charge in [-0.15, -0.1) is 0 Å². The molecule has 1 heterocycles. The zero-order valence-corrected chi connectivity index (χ0v) is 10.9. The number of carbonyl (C=O) groups is 1. The van der Waals surface area contributed by atoms with Gasteiger partial charge in [0, 0.05) is 12.0 Å². The highest BCUT2D eigenvalue weighted by Crippen LogP contribution is 2.42. The Morgan fingerprint density at radius 1 is 1.58 bits per heavy atom. The van der Waals surface area contributed by atoms with E-state index >= 15 is 0 Å². The molecule has 1 N–H and O–H groups in total. The molecule has 0 bridgehead atoms. The molecule has 19 heavy (non-hydrogen) atoms. The van der Waals surface area contributed by atoms with Gasteiger partial charge in [0.05, 0.1) is 25.9 Å². The smallest absolute Gasteiger partial charge is 0.334 e. The van der Waals surface area contributed by atoms with Gasteiger partial charge in [0.25, 0.3) is 0 Å². The van der Waals surface area contributed by atoms with Crippen molar-refractivity contribution in [1.82, 2.24) is 0 Å². The largest absolute Gasteiger partial charge is 0.493 e. The Labute approximate surface area is 111 Å². The monoisotopic (exact) mass is 264 g/mol. The molecule has 0 aromatic heterocycles. The number of hydrogen-bond donors (Lipinski definition) is 1. The molecule has 0 fully saturated rings. The molecule has 0 aliphatic carbocycles. The zero-order valence-electron chi connectivity index (χ0n) is 10.9. The first-order chi connectivity index (χ1) is 9.15. The highest BCUT2D eigenvalue weighted by Gasteiger charge is 2.26. The standard InChI is InChI=1S/C14H16O5/c1-3-18-13(16)8-9-7-11(15)10-5-4-6-12(17-2)14(10)19-9/h4-6,8,11,15H,3,7H2,1-2H3/b9-8+. The predicted octanol–water partition coefficient (Wildman–Crippen LogP) is 1.96. The molecule has 1 aliphatic rings. The van der Waals surface area contributed by atoms with Gasteiger partial charge in [0.2, 0.25) is 0 Å². The minimum Gasteiger partial charge on any atom is -0.493 e. The fourth-order valence-electron chi connectivity index (χ4n) is 1.94. The van der Waals surface area contributed by atoms with Crippen molar-refractivity contribution in [2.24, 2.45) is 0 Å². The fourth-order valence-corrected chi connectivity index (χ4v) is 1.94. The molecule has 1 atom stereocenters. The molecule has 1 aromatic rings. The van der Waals surface area contributed by atoms with E-state index in [4.69, 9.17) is 14.2 Å². The van der Waals surface area contributed by atoms with E-state index in [-0.39, 0.29) is 6.42 Å². The van der Waals surface area contributed by atoms with Crippen molar-refractivity contribution >= 4 is 5.97 Å². The first-order valence-corrected chi connectivity index (χ1v) is 6.05. The van der Waals surface area contributed by atoms with Crippen LogP contribution in [0.25, 0.3) is 0 Å². The molecule has 102 valence electrons. The van der Waals surface area contributed by atoms with Crippen molar-refractivity contribution < 1.29 is 24.1 Å². The van der Waals surface area contributed by atoms with Gasteiger partial charge in [-0.25, -0.2) is 4.79 Å². The van der Waals surface area contributed by atoms with Crippen LogP contribution >= 0.6 is 0 Å². The van der Waals surface area contributed by atoms with Gasteiger partial charge in [-0.05, 0) is 13.0 Å². The Balaban J connectivity index is 2.30. The number of hydrogen-bond acceptors (Lipinski definition) is 5. The third-order valence-electron chi connectivity index (χ3n) is 2.78. The summed E-state index contributed by atoms with van der Waals surface area (Å²) in [7, 11) is 1.52. The van der Waals surface area contributed by atoms with Gasteiger partial charge < -0.3 is 19.3 Å². The Hall–Kier alpha value is -2.01. The molecule has 0 radical (unpaired) electrons. The number of rotatable bonds is 3. The van der Waals surface area contributed by atoms with Crippen LogP contribution in [0.2, 0.25) is 0 Å². The maximum Gasteiger partial charge on any atom is 0.334 e. The van der Waals surface area contributed by atoms with Crippen LogP contribution in [0.4, 0.5) is 0 Å². The van der Waals surface area contributed by atoms with Crippen LogP contribution < -0.4 is 9.47 Å². The number of benzene rings is 1. The van der Waals surface area contributed by atoms with Crippen LogP contribution in [0.1, 0.15) is 25.0 Å². The molecular weight excluding hydrogens is 248 g/mol. The van der Waals surface area contributed by atoms with E-state index in [1.165, 1.54) is 13.2 Å². The number of aliphatic hydroxyl groups excluding tert-OH is 1. The highest BCUT2D eigenvalue weighted by molar-refractivity contribution is 5.82. The van der Waals surface area contributed by atoms with Crippen LogP contribution in [0, 0.1) is 0 Å². The van der Waals surface area contributed by atoms with Crippen molar-refractivity contribution in [1.29, 1.82) is 0 Å². The average Bonchev–Trinajstić information content (AvgIpc) is 2.38. The minimum atomic E-state index is -0.723. The summed E-state index contributed by atoms with van der Waals surface area (Å²) in [6.45, 7) is 2.02. The Kier molecular flexibility index (Phi) is 4.06. The summed E-state index contributed by atoms with van der Waals surface area (Å²) in [5.41, 5.74) is 0.653. The summed E-state index contributed by atoms with van der Waals surface area (Å²) in [5, 5.41) is 10.1. The molecule has 0 amide bonds. The van der Waals surface area contributed by atoms with E-state index < -0.39 is 12.1 Å². The van der Waals surface area contributed by atoms with Crippen molar-refractivity contribution in [2.75, 3.05) is 13.7 Å². The van der Waals surface area contributed by atoms with Gasteiger partial charge in [-0.2, -0.15) is 0 Å². The second-order valence-corrected chi connectivity index (χ2v) is 4.06. The zero-order chi connectivity index (χ0) is 13.8. The molecule has 1 aliphatic heterocycles. The van der Waals surface area contributed by atoms with E-state index in [1.807, 2.05) is 0 Å². The first-order valence-electron chi connectivity index (χ1n) is 6.05. The first kappa shape index (κ1) is 13.4. The lowest BCUT2D eigenvalue weighted by atomic mass is 10.0. The molecule has 0 saturated heterocycles. The van der Waals surface area contributed by atoms with Crippen LogP contribution in [0.15, 0.2) is 30.0 Å². The summed E-state index contributed by atoms with van der Waals surface area (Å²) < 4.78 is 15.6. The lowest BCUT2D eigenvalue weighted by molar-refractivity contribution is -0.137. The lowest BCUT2D eigenvalue weighted by Crippen LogP contribution is -2.15. The molecule has 5 nitrogen and oxygen atoms in total. The normalized spacial score (nSPS) is 19.5. The topological polar surface area (TPSA) is 65.0 Å². The molecular formula is C14H16O5. The van der Waals surface area contributed by atoms with Crippen LogP contribution in [0.3, 0.4) is 0 Å². The lowest BCUT2D eigenvalue weighted by Gasteiger charge is -2.25. The van der Waals surface area contributed by atoms with Crippen molar-refractivity contribution in [3.8, 4) is 11.5 Å². The maximum absolute atomic E-state index is 11.4. The molecule has 1 unspecified atom stereocenters. The Morgan fingerprint density at radius 3 is 3.05 bits per heavy atom. The van der Waals surface area contributed by atoms with Gasteiger partial charge in [0.15, 0.2) is 11.5 Å². The summed E-state index contributed by atoms with van der Waals surface area (Å²) in [5.74, 6) is 0.844. The average molecular weight is 264 g/mol. The van der Waals surface area contributed by atoms with Crippen molar-refractivity contribution in [3.63, 3.8) is 0 Å². The van der Waals surface area contributed by atoms with Gasteiger partial charge in [-0.1, -0.05) is 12.1 Å². The molecule has 5 heteroatoms. The molecule has 0 saturated carbocycles. The number of esters is 1. The van der Waals surface area contributed by atoms with E-state index in [1.54, 1.807) is 25.1 Å². The summed E-state index contributed by atoms with van der Waals surface area (Å²) in [6.07, 6.45) is 0.765. The summed E-state index contributed by atoms with van der Waals surface area (Å²) in [6, 6.07) is 5.28. The van der Waals surface area contributed by atoms with Crippen LogP contribution in [-0.4, -0.2) is 24.8 Å². The van der Waals surface area contributed by atoms with E-state index in [0.717, 1.165) is 0 Å². The van der Waals surface area contributed by atoms with Crippen molar-refractivity contribution in [3.05, 3.63) is 35.6 Å². The number of methoxy groups -OCH3 is 1. The third kappa shape index (κ3) is 2.88. The number of para-hydroxylation sites is 1. The Bertz CT molecular complexity index is 507. The highest BCUT2D eigenvalue weighted by atomic mass is 16.5. The fraction of sp³-hybridized carbons (Fsp3) is 0.357. The number of fused-ring (bicyclic) bond motifs is 1. The maximum atomic E-state index is 11.4. The number of aliphatic hydroxyl groups is 1. The van der Waals surface area contributed by atoms with E-state index in [9.17, 15) is 9.90 Å². The Morgan fingerprint density at radius 2 is 2.37 bits per heavy atom. The van der Waals surface area contributed by atoms with Gasteiger partial charge >= 0.3 is 5.97 Å². The van der Waals surface area contributed by atoms with Gasteiger partial charge in [-0.3, -0.25) is 0 Å². The van der Waals surface area contributed by atoms with Crippen molar-refractivity contribution in [2.45, 2.75) is 19.4 Å². The second-order valence-electron chi connectivity index (χ2n) is 4.06. The SMILES string of the molecule is CCOC(=O)/C=C1\CC(O)c2cccc(OC)c2O1. The molecule has 1 aromatic carbocycles. The summed E-state index contributed by atoms with van der Waals surface area (Å²) >= 11 is 0. The van der Waals surface area contributed by atoms with E-state index in [0.29, 0.717) is 29.4 Å². The quantitative estimate of drug-likeness (QED) is 0.667. The summed E-state index contributed by atoms with van der Waals surface area (Å²) in [4.78, 5) is 11.4. The van der Waals surface area contributed by atoms with Crippen LogP contribution in [0.5, 0.6) is 11.5 Å². The number of carbonyl (C=O) groups excluding carboxylic acids is 1. The van der Waals surface area contributed by atoms with Gasteiger partial charge in [0.1, 0.15) is 5.76 Å². The predicted molar refractivity (Wildman–Crippen MR) is 67.9 cm³/mol. The third-order valence-corrected chi connectivity index (χ3v) is 2.78. The molecule has 2 rings (SSSR count). The second kappa shape index (κ2) is 5.75. The van der Waals surface area contributed by atoms with E-state index in [2.05, 4.69) is 0 Å². The number of ether oxygens (including phenoxy) is 3. The van der Waals surface area contributed by atoms with Crippen LogP contribution in [-0.2, 0) is 9.53 Å². The molecule has 0 spiro atoms.